The van der Waals surface area contributed by atoms with Gasteiger partial charge in [0.15, 0.2) is 29.7 Å². The number of hydrogen-bond acceptors (Lipinski definition) is 8. The van der Waals surface area contributed by atoms with Gasteiger partial charge in [0.1, 0.15) is 0 Å². The predicted octanol–water partition coefficient (Wildman–Crippen LogP) is 3.00. The fraction of sp³-hybridized carbons (Fsp3) is 0.154. The van der Waals surface area contributed by atoms with Crippen molar-refractivity contribution in [1.82, 2.24) is 0 Å². The van der Waals surface area contributed by atoms with E-state index in [0.717, 1.165) is 6.42 Å². The van der Waals surface area contributed by atoms with Crippen LogP contribution in [0.5, 0.6) is 11.5 Å². The van der Waals surface area contributed by atoms with Gasteiger partial charge in [-0.1, -0.05) is 24.3 Å². The molecule has 3 aromatic carbocycles. The molecule has 1 aliphatic heterocycles. The van der Waals surface area contributed by atoms with Crippen LogP contribution in [0.1, 0.15) is 48.6 Å². The van der Waals surface area contributed by atoms with Gasteiger partial charge in [-0.2, -0.15) is 0 Å². The highest BCUT2D eigenvalue weighted by molar-refractivity contribution is 6.30. The number of anilines is 2. The fourth-order valence-corrected chi connectivity index (χ4v) is 4.04. The van der Waals surface area contributed by atoms with Gasteiger partial charge in [0.05, 0.1) is 30.0 Å². The summed E-state index contributed by atoms with van der Waals surface area (Å²) >= 11 is 0. The van der Waals surface area contributed by atoms with Crippen molar-refractivity contribution in [3.05, 3.63) is 82.4 Å². The maximum atomic E-state index is 13.0. The summed E-state index contributed by atoms with van der Waals surface area (Å²) < 4.78 is 16.3. The van der Waals surface area contributed by atoms with Gasteiger partial charge in [-0.3, -0.25) is 14.4 Å². The minimum atomic E-state index is -0.891. The Kier molecular flexibility index (Phi) is 5.66. The highest BCUT2D eigenvalue weighted by atomic mass is 16.5. The van der Waals surface area contributed by atoms with Gasteiger partial charge in [0.2, 0.25) is 0 Å². The maximum Gasteiger partial charge on any atom is 0.340 e. The minimum absolute atomic E-state index is 0.0419. The van der Waals surface area contributed by atoms with Crippen molar-refractivity contribution in [2.45, 2.75) is 6.42 Å². The Morgan fingerprint density at radius 2 is 1.60 bits per heavy atom. The first-order valence-electron chi connectivity index (χ1n) is 10.9. The van der Waals surface area contributed by atoms with Crippen LogP contribution in [0.3, 0.4) is 0 Å². The van der Waals surface area contributed by atoms with E-state index in [2.05, 4.69) is 5.32 Å². The van der Waals surface area contributed by atoms with Gasteiger partial charge in [-0.25, -0.2) is 4.79 Å². The molecule has 1 aliphatic carbocycles. The second kappa shape index (κ2) is 8.94. The summed E-state index contributed by atoms with van der Waals surface area (Å²) in [6.07, 6.45) is 0.754. The highest BCUT2D eigenvalue weighted by Gasteiger charge is 2.33. The van der Waals surface area contributed by atoms with Gasteiger partial charge >= 0.3 is 5.97 Å². The van der Waals surface area contributed by atoms with Gasteiger partial charge in [-0.05, 0) is 24.3 Å². The number of amides is 1. The lowest BCUT2D eigenvalue weighted by atomic mass is 9.82. The Morgan fingerprint density at radius 1 is 0.886 bits per heavy atom. The molecular weight excluding hydrogens is 452 g/mol. The smallest absolute Gasteiger partial charge is 0.340 e. The first-order valence-corrected chi connectivity index (χ1v) is 10.9. The average molecular weight is 472 g/mol. The summed E-state index contributed by atoms with van der Waals surface area (Å²) in [5, 5.41) is 2.63. The van der Waals surface area contributed by atoms with Crippen LogP contribution < -0.4 is 20.5 Å². The monoisotopic (exact) mass is 472 g/mol. The number of carbonyl (C=O) groups excluding carboxylic acids is 4. The van der Waals surface area contributed by atoms with Crippen molar-refractivity contribution in [3.63, 3.8) is 0 Å². The summed E-state index contributed by atoms with van der Waals surface area (Å²) in [6.45, 7) is 0.468. The molecule has 0 unspecified atom stereocenters. The number of esters is 1. The van der Waals surface area contributed by atoms with Crippen LogP contribution in [0.15, 0.2) is 54.6 Å². The molecule has 0 radical (unpaired) electrons. The number of nitrogen functional groups attached to an aromatic ring is 1. The summed E-state index contributed by atoms with van der Waals surface area (Å²) in [5.41, 5.74) is 6.89. The lowest BCUT2D eigenvalue weighted by Crippen LogP contribution is -2.25. The molecule has 0 bridgehead atoms. The number of hydrogen-bond donors (Lipinski definition) is 2. The fourth-order valence-electron chi connectivity index (χ4n) is 4.04. The summed E-state index contributed by atoms with van der Waals surface area (Å²) in [6, 6.07) is 14.1. The van der Waals surface area contributed by atoms with Crippen LogP contribution in [0, 0.1) is 0 Å². The van der Waals surface area contributed by atoms with E-state index in [4.69, 9.17) is 19.9 Å². The number of benzene rings is 3. The predicted molar refractivity (Wildman–Crippen MR) is 125 cm³/mol. The molecule has 3 aromatic rings. The second-order valence-electron chi connectivity index (χ2n) is 7.99. The maximum absolute atomic E-state index is 13.0. The largest absolute Gasteiger partial charge is 0.490 e. The molecule has 1 amide bonds. The first kappa shape index (κ1) is 22.1. The van der Waals surface area contributed by atoms with Crippen LogP contribution in [-0.2, 0) is 9.53 Å². The molecule has 0 saturated carbocycles. The zero-order valence-corrected chi connectivity index (χ0v) is 18.5. The van der Waals surface area contributed by atoms with Gasteiger partial charge in [-0.15, -0.1) is 0 Å². The Morgan fingerprint density at radius 3 is 2.37 bits per heavy atom. The lowest BCUT2D eigenvalue weighted by molar-refractivity contribution is -0.119. The molecule has 0 fully saturated rings. The number of carbonyl (C=O) groups is 4. The molecule has 1 heterocycles. The van der Waals surface area contributed by atoms with Crippen molar-refractivity contribution < 1.29 is 33.4 Å². The summed E-state index contributed by atoms with van der Waals surface area (Å²) in [7, 11) is 0. The van der Waals surface area contributed by atoms with E-state index in [9.17, 15) is 19.2 Å². The Bertz CT molecular complexity index is 1400. The van der Waals surface area contributed by atoms with Crippen LogP contribution in [0.4, 0.5) is 11.4 Å². The van der Waals surface area contributed by atoms with E-state index in [1.165, 1.54) is 18.2 Å². The van der Waals surface area contributed by atoms with E-state index in [0.29, 0.717) is 30.4 Å². The third-order valence-corrected chi connectivity index (χ3v) is 5.72. The lowest BCUT2D eigenvalue weighted by Gasteiger charge is -2.20. The van der Waals surface area contributed by atoms with Gasteiger partial charge in [0, 0.05) is 34.9 Å². The van der Waals surface area contributed by atoms with E-state index < -0.39 is 24.3 Å². The molecule has 9 heteroatoms. The van der Waals surface area contributed by atoms with Gasteiger partial charge < -0.3 is 25.3 Å². The Balaban J connectivity index is 1.29. The number of nitrogens with one attached hydrogen (secondary N) is 1. The van der Waals surface area contributed by atoms with E-state index in [-0.39, 0.29) is 39.3 Å². The van der Waals surface area contributed by atoms with Crippen LogP contribution >= 0.6 is 0 Å². The van der Waals surface area contributed by atoms with Crippen molar-refractivity contribution in [2.24, 2.45) is 0 Å². The topological polar surface area (TPSA) is 134 Å². The molecule has 0 saturated heterocycles. The zero-order chi connectivity index (χ0) is 24.5. The quantitative estimate of drug-likeness (QED) is 0.342. The van der Waals surface area contributed by atoms with Crippen LogP contribution in [-0.4, -0.2) is 43.3 Å². The van der Waals surface area contributed by atoms with Crippen molar-refractivity contribution in [1.29, 1.82) is 0 Å². The third-order valence-electron chi connectivity index (χ3n) is 5.72. The molecule has 3 N–H and O–H groups in total. The third kappa shape index (κ3) is 4.08. The number of ketones is 2. The second-order valence-corrected chi connectivity index (χ2v) is 7.99. The molecule has 0 spiro atoms. The van der Waals surface area contributed by atoms with E-state index >= 15 is 0 Å². The summed E-state index contributed by atoms with van der Waals surface area (Å²) in [4.78, 5) is 50.8. The SMILES string of the molecule is Nc1c(C(=O)OCC(=O)Nc2ccc3c(c2)OCCCO3)ccc2c1C(=O)c1ccccc1C2=O. The molecule has 176 valence electrons. The van der Waals surface area contributed by atoms with Crippen molar-refractivity contribution in [2.75, 3.05) is 30.9 Å². The Labute approximate surface area is 199 Å². The normalized spacial score (nSPS) is 13.8. The number of ether oxygens (including phenoxy) is 3. The number of nitrogens with two attached hydrogens (primary N) is 1. The molecule has 35 heavy (non-hydrogen) atoms. The molecule has 5 rings (SSSR count). The molecule has 0 aromatic heterocycles. The van der Waals surface area contributed by atoms with Crippen molar-refractivity contribution >= 4 is 34.8 Å². The van der Waals surface area contributed by atoms with Gasteiger partial charge in [0.25, 0.3) is 5.91 Å². The molecule has 2 aliphatic rings. The summed E-state index contributed by atoms with van der Waals surface area (Å²) in [5.74, 6) is -1.17. The molecule has 0 atom stereocenters. The Hall–Kier alpha value is -4.66. The van der Waals surface area contributed by atoms with E-state index in [1.807, 2.05) is 0 Å². The number of rotatable bonds is 4. The van der Waals surface area contributed by atoms with Crippen LogP contribution in [0.25, 0.3) is 0 Å². The van der Waals surface area contributed by atoms with E-state index in [1.54, 1.807) is 36.4 Å². The average Bonchev–Trinajstić information content (AvgIpc) is 3.11. The number of fused-ring (bicyclic) bond motifs is 3. The molecular formula is C26H20N2O7. The standard InChI is InChI=1S/C26H20N2O7/c27-23-18(8-7-17-22(23)25(31)16-5-2-1-4-15(16)24(17)30)26(32)35-13-21(29)28-14-6-9-19-20(12-14)34-11-3-10-33-19/h1-2,4-9,12H,3,10-11,13,27H2,(H,28,29). The molecule has 9 nitrogen and oxygen atoms in total. The highest BCUT2D eigenvalue weighted by Crippen LogP contribution is 2.34. The van der Waals surface area contributed by atoms with Crippen LogP contribution in [0.2, 0.25) is 0 Å². The first-order chi connectivity index (χ1) is 16.9. The van der Waals surface area contributed by atoms with Crippen molar-refractivity contribution in [3.8, 4) is 11.5 Å². The zero-order valence-electron chi connectivity index (χ0n) is 18.5. The minimum Gasteiger partial charge on any atom is -0.490 e.